The summed E-state index contributed by atoms with van der Waals surface area (Å²) in [7, 11) is 0. The molecule has 0 aliphatic carbocycles. The Labute approximate surface area is 232 Å². The van der Waals surface area contributed by atoms with Gasteiger partial charge in [-0.15, -0.1) is 0 Å². The van der Waals surface area contributed by atoms with E-state index < -0.39 is 6.29 Å². The second-order valence-corrected chi connectivity index (χ2v) is 10.5. The quantitative estimate of drug-likeness (QED) is 0.170. The van der Waals surface area contributed by atoms with Crippen LogP contribution in [0.2, 0.25) is 0 Å². The maximum Gasteiger partial charge on any atom is 0.255 e. The van der Waals surface area contributed by atoms with E-state index in [0.717, 1.165) is 21.4 Å². The summed E-state index contributed by atoms with van der Waals surface area (Å²) in [4.78, 5) is 12.7. The molecule has 2 N–H and O–H groups in total. The number of thioether (sulfide) groups is 1. The topological polar surface area (TPSA) is 94.7 Å². The number of carbonyl (C=O) groups is 1. The van der Waals surface area contributed by atoms with E-state index in [2.05, 4.69) is 12.2 Å². The van der Waals surface area contributed by atoms with Crippen molar-refractivity contribution < 1.29 is 24.1 Å². The molecule has 5 rings (SSSR count). The number of benzene rings is 3. The highest BCUT2D eigenvalue weighted by Gasteiger charge is 2.38. The first-order valence-corrected chi connectivity index (χ1v) is 13.8. The van der Waals surface area contributed by atoms with Gasteiger partial charge in [0.15, 0.2) is 12.5 Å². The third kappa shape index (κ3) is 6.49. The molecule has 4 aromatic rings. The van der Waals surface area contributed by atoms with Crippen molar-refractivity contribution in [3.05, 3.63) is 131 Å². The van der Waals surface area contributed by atoms with Gasteiger partial charge in [-0.2, -0.15) is 4.73 Å². The molecule has 0 bridgehead atoms. The van der Waals surface area contributed by atoms with Crippen LogP contribution in [0.4, 0.5) is 5.69 Å². The van der Waals surface area contributed by atoms with Gasteiger partial charge in [-0.05, 0) is 41.5 Å². The molecule has 1 aromatic heterocycles. The van der Waals surface area contributed by atoms with Crippen LogP contribution in [0.15, 0.2) is 108 Å². The smallest absolute Gasteiger partial charge is 0.255 e. The summed E-state index contributed by atoms with van der Waals surface area (Å²) >= 11 is 1.45. The van der Waals surface area contributed by atoms with Crippen LogP contribution in [-0.4, -0.2) is 22.9 Å². The lowest BCUT2D eigenvalue weighted by molar-refractivity contribution is -0.645. The number of nitrogens with zero attached hydrogens (tertiary/aromatic N) is 1. The molecule has 1 aliphatic heterocycles. The number of nitrogens with one attached hydrogen (secondary N) is 1. The Hall–Kier alpha value is -3.69. The summed E-state index contributed by atoms with van der Waals surface area (Å²) < 4.78 is 13.9. The Bertz CT molecular complexity index is 1400. The fourth-order valence-corrected chi connectivity index (χ4v) is 5.64. The van der Waals surface area contributed by atoms with Gasteiger partial charge < -0.3 is 25.1 Å². The van der Waals surface area contributed by atoms with Crippen molar-refractivity contribution in [2.75, 3.05) is 11.1 Å². The predicted molar refractivity (Wildman–Crippen MR) is 150 cm³/mol. The number of ether oxygens (including phenoxy) is 2. The van der Waals surface area contributed by atoms with Crippen LogP contribution in [0.3, 0.4) is 0 Å². The molecule has 1 amide bonds. The van der Waals surface area contributed by atoms with Crippen molar-refractivity contribution in [2.45, 2.75) is 37.1 Å². The van der Waals surface area contributed by atoms with Crippen LogP contribution < -0.4 is 10.0 Å². The van der Waals surface area contributed by atoms with Gasteiger partial charge in [0.1, 0.15) is 0 Å². The molecule has 4 atom stereocenters. The summed E-state index contributed by atoms with van der Waals surface area (Å²) in [6.07, 6.45) is 0.303. The average molecular weight is 543 g/mol. The Morgan fingerprint density at radius 2 is 1.72 bits per heavy atom. The summed E-state index contributed by atoms with van der Waals surface area (Å²) in [5.41, 5.74) is 3.79. The molecular formula is C31H30N2O5S. The highest BCUT2D eigenvalue weighted by molar-refractivity contribution is 7.99. The molecule has 0 spiro atoms. The first-order chi connectivity index (χ1) is 19.0. The Kier molecular flexibility index (Phi) is 8.58. The SMILES string of the molecule is C[C@H]1[C@@H](CSc2cccc[n+]2[O-])O[C@@H](c2cccc(NC(=O)c3ccccc3)c2)O[C@H]1c1ccc(CO)cc1. The van der Waals surface area contributed by atoms with Crippen molar-refractivity contribution in [3.8, 4) is 0 Å². The van der Waals surface area contributed by atoms with Crippen LogP contribution in [0.25, 0.3) is 0 Å². The molecule has 7 nitrogen and oxygen atoms in total. The average Bonchev–Trinajstić information content (AvgIpc) is 2.98. The van der Waals surface area contributed by atoms with Crippen LogP contribution in [0.5, 0.6) is 0 Å². The minimum absolute atomic E-state index is 0.0153. The minimum Gasteiger partial charge on any atom is -0.618 e. The fraction of sp³-hybridized carbons (Fsp3) is 0.226. The van der Waals surface area contributed by atoms with E-state index in [4.69, 9.17) is 9.47 Å². The van der Waals surface area contributed by atoms with E-state index in [1.807, 2.05) is 72.8 Å². The Balaban J connectivity index is 1.39. The van der Waals surface area contributed by atoms with Gasteiger partial charge in [-0.1, -0.05) is 73.3 Å². The second kappa shape index (κ2) is 12.4. The van der Waals surface area contributed by atoms with Crippen molar-refractivity contribution >= 4 is 23.4 Å². The summed E-state index contributed by atoms with van der Waals surface area (Å²) in [5.74, 6) is 0.346. The normalized spacial score (nSPS) is 20.9. The molecular weight excluding hydrogens is 512 g/mol. The molecule has 1 fully saturated rings. The van der Waals surface area contributed by atoms with Gasteiger partial charge >= 0.3 is 0 Å². The van der Waals surface area contributed by atoms with Crippen molar-refractivity contribution in [1.82, 2.24) is 0 Å². The summed E-state index contributed by atoms with van der Waals surface area (Å²) in [6.45, 7) is 2.05. The van der Waals surface area contributed by atoms with Crippen LogP contribution in [0, 0.1) is 11.1 Å². The Morgan fingerprint density at radius 1 is 0.949 bits per heavy atom. The molecule has 0 unspecified atom stereocenters. The zero-order valence-electron chi connectivity index (χ0n) is 21.5. The molecule has 2 heterocycles. The molecule has 39 heavy (non-hydrogen) atoms. The molecule has 1 saturated heterocycles. The number of carbonyl (C=O) groups excluding carboxylic acids is 1. The number of amides is 1. The van der Waals surface area contributed by atoms with E-state index in [1.165, 1.54) is 18.0 Å². The summed E-state index contributed by atoms with van der Waals surface area (Å²) in [5, 5.41) is 25.2. The third-order valence-electron chi connectivity index (χ3n) is 6.76. The zero-order valence-corrected chi connectivity index (χ0v) is 22.3. The highest BCUT2D eigenvalue weighted by Crippen LogP contribution is 2.43. The van der Waals surface area contributed by atoms with Gasteiger partial charge in [0, 0.05) is 40.6 Å². The van der Waals surface area contributed by atoms with Crippen molar-refractivity contribution in [2.24, 2.45) is 5.92 Å². The third-order valence-corrected chi connectivity index (χ3v) is 7.87. The molecule has 200 valence electrons. The number of pyridine rings is 1. The number of hydrogen-bond donors (Lipinski definition) is 2. The minimum atomic E-state index is -0.682. The van der Waals surface area contributed by atoms with Crippen LogP contribution >= 0.6 is 11.8 Å². The van der Waals surface area contributed by atoms with Gasteiger partial charge in [0.2, 0.25) is 0 Å². The van der Waals surface area contributed by atoms with E-state index in [0.29, 0.717) is 22.0 Å². The van der Waals surface area contributed by atoms with E-state index in [-0.39, 0.29) is 30.6 Å². The largest absolute Gasteiger partial charge is 0.618 e. The maximum absolute atomic E-state index is 12.7. The monoisotopic (exact) mass is 542 g/mol. The number of aliphatic hydroxyl groups excluding tert-OH is 1. The van der Waals surface area contributed by atoms with Gasteiger partial charge in [0.05, 0.1) is 18.8 Å². The fourth-order valence-electron chi connectivity index (χ4n) is 4.56. The molecule has 8 heteroatoms. The standard InChI is InChI=1S/C31H30N2O5S/c1-21-27(20-39-28-12-5-6-17-33(28)36)37-31(38-29(21)23-15-13-22(19-34)14-16-23)25-10-7-11-26(18-25)32-30(35)24-8-3-2-4-9-24/h2-18,21,27,29,31,34H,19-20H2,1H3,(H,32,35)/t21-,27+,29+,31+/m0/s1. The zero-order chi connectivity index (χ0) is 27.2. The molecule has 1 aliphatic rings. The lowest BCUT2D eigenvalue weighted by atomic mass is 9.91. The molecule has 3 aromatic carbocycles. The predicted octanol–water partition coefficient (Wildman–Crippen LogP) is 5.65. The van der Waals surface area contributed by atoms with E-state index in [1.54, 1.807) is 24.3 Å². The number of anilines is 1. The van der Waals surface area contributed by atoms with Gasteiger partial charge in [-0.25, -0.2) is 0 Å². The van der Waals surface area contributed by atoms with Crippen LogP contribution in [-0.2, 0) is 16.1 Å². The van der Waals surface area contributed by atoms with E-state index >= 15 is 0 Å². The Morgan fingerprint density at radius 3 is 2.46 bits per heavy atom. The lowest BCUT2D eigenvalue weighted by Gasteiger charge is -2.41. The number of aromatic nitrogens is 1. The van der Waals surface area contributed by atoms with Gasteiger partial charge in [-0.3, -0.25) is 4.79 Å². The lowest BCUT2D eigenvalue weighted by Crippen LogP contribution is -2.39. The van der Waals surface area contributed by atoms with Crippen molar-refractivity contribution in [3.63, 3.8) is 0 Å². The summed E-state index contributed by atoms with van der Waals surface area (Å²) in [6, 6.07) is 29.6. The maximum atomic E-state index is 12.7. The highest BCUT2D eigenvalue weighted by atomic mass is 32.2. The second-order valence-electron chi connectivity index (χ2n) is 9.44. The van der Waals surface area contributed by atoms with Gasteiger partial charge in [0.25, 0.3) is 10.9 Å². The number of rotatable bonds is 8. The molecule has 0 radical (unpaired) electrons. The van der Waals surface area contributed by atoms with Crippen LogP contribution in [0.1, 0.15) is 46.4 Å². The first kappa shape index (κ1) is 26.9. The molecule has 0 saturated carbocycles. The van der Waals surface area contributed by atoms with E-state index in [9.17, 15) is 15.1 Å². The number of hydrogen-bond acceptors (Lipinski definition) is 6. The van der Waals surface area contributed by atoms with Crippen molar-refractivity contribution in [1.29, 1.82) is 0 Å². The first-order valence-electron chi connectivity index (χ1n) is 12.8. The number of aliphatic hydroxyl groups is 1.